The van der Waals surface area contributed by atoms with Gasteiger partial charge in [-0.15, -0.1) is 11.3 Å². The second-order valence-electron chi connectivity index (χ2n) is 5.85. The van der Waals surface area contributed by atoms with Gasteiger partial charge in [0.2, 0.25) is 11.7 Å². The summed E-state index contributed by atoms with van der Waals surface area (Å²) >= 11 is 1.67. The first-order valence-electron chi connectivity index (χ1n) is 8.63. The second-order valence-corrected chi connectivity index (χ2v) is 6.94. The van der Waals surface area contributed by atoms with Gasteiger partial charge >= 0.3 is 0 Å². The largest absolute Gasteiger partial charge is 0.349 e. The van der Waals surface area contributed by atoms with Crippen molar-refractivity contribution < 1.29 is 8.91 Å². The lowest BCUT2D eigenvalue weighted by atomic mass is 10.2. The van der Waals surface area contributed by atoms with Crippen LogP contribution in [0.15, 0.2) is 35.0 Å². The van der Waals surface area contributed by atoms with Gasteiger partial charge in [0.15, 0.2) is 5.13 Å². The summed E-state index contributed by atoms with van der Waals surface area (Å²) in [5.74, 6) is 0.529. The number of rotatable bonds is 8. The number of nitrogens with one attached hydrogen (secondary N) is 1. The van der Waals surface area contributed by atoms with Crippen molar-refractivity contribution in [1.82, 2.24) is 20.4 Å². The summed E-state index contributed by atoms with van der Waals surface area (Å²) in [7, 11) is 0. The number of halogens is 1. The molecule has 0 amide bonds. The molecule has 1 N–H and O–H groups in total. The van der Waals surface area contributed by atoms with Crippen molar-refractivity contribution >= 4 is 16.5 Å². The summed E-state index contributed by atoms with van der Waals surface area (Å²) in [5.41, 5.74) is 0.596. The van der Waals surface area contributed by atoms with Crippen LogP contribution in [0.4, 0.5) is 9.52 Å². The van der Waals surface area contributed by atoms with Gasteiger partial charge < -0.3 is 14.7 Å². The smallest absolute Gasteiger partial charge is 0.243 e. The Morgan fingerprint density at radius 1 is 1.31 bits per heavy atom. The molecule has 2 heterocycles. The molecule has 6 nitrogen and oxygen atoms in total. The van der Waals surface area contributed by atoms with Crippen LogP contribution in [-0.2, 0) is 6.54 Å². The first kappa shape index (κ1) is 18.5. The molecular formula is C18H22FN5OS. The maximum atomic E-state index is 13.3. The minimum atomic E-state index is -0.325. The van der Waals surface area contributed by atoms with Crippen LogP contribution in [0, 0.1) is 5.82 Å². The molecule has 1 unspecified atom stereocenters. The quantitative estimate of drug-likeness (QED) is 0.641. The predicted octanol–water partition coefficient (Wildman–Crippen LogP) is 4.03. The van der Waals surface area contributed by atoms with Gasteiger partial charge in [-0.25, -0.2) is 9.37 Å². The molecule has 0 fully saturated rings. The van der Waals surface area contributed by atoms with E-state index in [1.54, 1.807) is 23.5 Å². The number of anilines is 1. The molecule has 1 atom stereocenters. The highest BCUT2D eigenvalue weighted by Gasteiger charge is 2.16. The van der Waals surface area contributed by atoms with Crippen molar-refractivity contribution in [3.63, 3.8) is 0 Å². The molecular weight excluding hydrogens is 353 g/mol. The molecule has 0 saturated carbocycles. The summed E-state index contributed by atoms with van der Waals surface area (Å²) in [6.07, 6.45) is 1.89. The van der Waals surface area contributed by atoms with E-state index in [2.05, 4.69) is 39.2 Å². The zero-order valence-electron chi connectivity index (χ0n) is 15.1. The van der Waals surface area contributed by atoms with Crippen molar-refractivity contribution in [1.29, 1.82) is 0 Å². The monoisotopic (exact) mass is 375 g/mol. The summed E-state index contributed by atoms with van der Waals surface area (Å²) in [5, 5.41) is 8.34. The summed E-state index contributed by atoms with van der Waals surface area (Å²) < 4.78 is 18.7. The molecule has 0 bridgehead atoms. The summed E-state index contributed by atoms with van der Waals surface area (Å²) in [6.45, 7) is 8.75. The van der Waals surface area contributed by atoms with E-state index in [4.69, 9.17) is 4.52 Å². The Labute approximate surface area is 156 Å². The van der Waals surface area contributed by atoms with Gasteiger partial charge in [-0.3, -0.25) is 0 Å². The average Bonchev–Trinajstić information content (AvgIpc) is 3.31. The number of thiazole rings is 1. The fourth-order valence-electron chi connectivity index (χ4n) is 2.52. The Kier molecular flexibility index (Phi) is 5.95. The number of nitrogens with zero attached hydrogens (tertiary/aromatic N) is 4. The van der Waals surface area contributed by atoms with Crippen LogP contribution in [0.2, 0.25) is 0 Å². The minimum Gasteiger partial charge on any atom is -0.349 e. The van der Waals surface area contributed by atoms with Gasteiger partial charge in [0.05, 0.1) is 6.04 Å². The number of aromatic nitrogens is 3. The van der Waals surface area contributed by atoms with Crippen LogP contribution >= 0.6 is 11.3 Å². The average molecular weight is 375 g/mol. The number of benzene rings is 1. The van der Waals surface area contributed by atoms with E-state index in [9.17, 15) is 4.39 Å². The molecule has 1 aromatic carbocycles. The van der Waals surface area contributed by atoms with Gasteiger partial charge in [0, 0.05) is 36.3 Å². The van der Waals surface area contributed by atoms with Crippen molar-refractivity contribution in [2.24, 2.45) is 0 Å². The fourth-order valence-corrected chi connectivity index (χ4v) is 3.50. The third kappa shape index (κ3) is 4.25. The lowest BCUT2D eigenvalue weighted by Crippen LogP contribution is -2.21. The SMILES string of the molecule is CCN(CC)c1ncc(CNC(C)c2nc(-c3cccc(F)c3)no2)s1. The van der Waals surface area contributed by atoms with E-state index in [-0.39, 0.29) is 11.9 Å². The van der Waals surface area contributed by atoms with Crippen molar-refractivity contribution in [2.45, 2.75) is 33.4 Å². The molecule has 0 aliphatic carbocycles. The van der Waals surface area contributed by atoms with E-state index >= 15 is 0 Å². The van der Waals surface area contributed by atoms with E-state index in [1.807, 2.05) is 13.1 Å². The third-order valence-corrected chi connectivity index (χ3v) is 5.11. The zero-order valence-corrected chi connectivity index (χ0v) is 15.9. The molecule has 26 heavy (non-hydrogen) atoms. The minimum absolute atomic E-state index is 0.121. The highest BCUT2D eigenvalue weighted by molar-refractivity contribution is 7.15. The summed E-state index contributed by atoms with van der Waals surface area (Å²) in [6, 6.07) is 6.03. The topological polar surface area (TPSA) is 67.1 Å². The maximum Gasteiger partial charge on any atom is 0.243 e. The van der Waals surface area contributed by atoms with Crippen LogP contribution in [0.5, 0.6) is 0 Å². The second kappa shape index (κ2) is 8.37. The molecule has 0 radical (unpaired) electrons. The van der Waals surface area contributed by atoms with Crippen LogP contribution in [0.3, 0.4) is 0 Å². The predicted molar refractivity (Wildman–Crippen MR) is 101 cm³/mol. The van der Waals surface area contributed by atoms with Gasteiger partial charge in [0.25, 0.3) is 0 Å². The van der Waals surface area contributed by atoms with Crippen molar-refractivity contribution in [2.75, 3.05) is 18.0 Å². The van der Waals surface area contributed by atoms with Crippen molar-refractivity contribution in [3.8, 4) is 11.4 Å². The molecule has 0 aliphatic heterocycles. The first-order chi connectivity index (χ1) is 12.6. The van der Waals surface area contributed by atoms with E-state index in [1.165, 1.54) is 12.1 Å². The van der Waals surface area contributed by atoms with Gasteiger partial charge in [-0.1, -0.05) is 17.3 Å². The Hall–Kier alpha value is -2.32. The van der Waals surface area contributed by atoms with Crippen LogP contribution in [0.25, 0.3) is 11.4 Å². The number of hydrogen-bond acceptors (Lipinski definition) is 7. The lowest BCUT2D eigenvalue weighted by Gasteiger charge is -2.16. The van der Waals surface area contributed by atoms with Crippen LogP contribution in [-0.4, -0.2) is 28.2 Å². The summed E-state index contributed by atoms with van der Waals surface area (Å²) in [4.78, 5) is 12.2. The molecule has 3 rings (SSSR count). The van der Waals surface area contributed by atoms with Crippen LogP contribution in [0.1, 0.15) is 37.6 Å². The normalized spacial score (nSPS) is 12.3. The molecule has 0 saturated heterocycles. The third-order valence-electron chi connectivity index (χ3n) is 4.05. The number of hydrogen-bond donors (Lipinski definition) is 1. The van der Waals surface area contributed by atoms with E-state index in [0.717, 1.165) is 23.1 Å². The molecule has 8 heteroatoms. The molecule has 3 aromatic rings. The molecule has 0 aliphatic rings. The highest BCUT2D eigenvalue weighted by Crippen LogP contribution is 2.23. The molecule has 2 aromatic heterocycles. The molecule has 0 spiro atoms. The molecule has 138 valence electrons. The van der Waals surface area contributed by atoms with Gasteiger partial charge in [0.1, 0.15) is 5.82 Å². The first-order valence-corrected chi connectivity index (χ1v) is 9.45. The van der Waals surface area contributed by atoms with E-state index < -0.39 is 0 Å². The fraction of sp³-hybridized carbons (Fsp3) is 0.389. The zero-order chi connectivity index (χ0) is 18.5. The van der Waals surface area contributed by atoms with Crippen LogP contribution < -0.4 is 10.2 Å². The Bertz CT molecular complexity index is 845. The highest BCUT2D eigenvalue weighted by atomic mass is 32.1. The lowest BCUT2D eigenvalue weighted by molar-refractivity contribution is 0.339. The Balaban J connectivity index is 1.61. The van der Waals surface area contributed by atoms with Gasteiger partial charge in [-0.05, 0) is 32.9 Å². The Morgan fingerprint density at radius 3 is 2.85 bits per heavy atom. The van der Waals surface area contributed by atoms with E-state index in [0.29, 0.717) is 23.8 Å². The standard InChI is InChI=1S/C18H22FN5OS/c1-4-24(5-2)18-21-11-15(26-18)10-20-12(3)17-22-16(23-25-17)13-7-6-8-14(19)9-13/h6-9,11-12,20H,4-5,10H2,1-3H3. The maximum absolute atomic E-state index is 13.3. The van der Waals surface area contributed by atoms with Gasteiger partial charge in [-0.2, -0.15) is 4.98 Å². The Morgan fingerprint density at radius 2 is 2.12 bits per heavy atom. The van der Waals surface area contributed by atoms with Crippen molar-refractivity contribution in [3.05, 3.63) is 47.0 Å².